The van der Waals surface area contributed by atoms with E-state index in [1.165, 1.54) is 6.08 Å². The Kier molecular flexibility index (Phi) is 3.25. The third-order valence-corrected chi connectivity index (χ3v) is 3.52. The molecule has 100 valence electrons. The number of hydrogen-bond acceptors (Lipinski definition) is 2. The first kappa shape index (κ1) is 12.5. The second kappa shape index (κ2) is 5.21. The van der Waals surface area contributed by atoms with Crippen molar-refractivity contribution in [3.63, 3.8) is 0 Å². The topological polar surface area (TPSA) is 23.6 Å². The second-order valence-corrected chi connectivity index (χ2v) is 4.67. The zero-order valence-corrected chi connectivity index (χ0v) is 11.2. The van der Waals surface area contributed by atoms with E-state index in [0.717, 1.165) is 23.6 Å². The number of anilines is 3. The number of carbonyl (C=O) groups is 1. The molecule has 0 saturated heterocycles. The Morgan fingerprint density at radius 1 is 0.950 bits per heavy atom. The molecule has 0 spiro atoms. The van der Waals surface area contributed by atoms with Gasteiger partial charge >= 0.3 is 0 Å². The number of nitrogens with zero attached hydrogens (tertiary/aromatic N) is 2. The molecule has 0 aliphatic carbocycles. The maximum Gasteiger partial charge on any atom is 0.250 e. The lowest BCUT2D eigenvalue weighted by Crippen LogP contribution is -2.41. The van der Waals surface area contributed by atoms with Crippen molar-refractivity contribution in [2.45, 2.75) is 0 Å². The summed E-state index contributed by atoms with van der Waals surface area (Å²) in [5.41, 5.74) is 3.14. The highest BCUT2D eigenvalue weighted by molar-refractivity contribution is 6.04. The average Bonchev–Trinajstić information content (AvgIpc) is 2.54. The van der Waals surface area contributed by atoms with Gasteiger partial charge in [-0.3, -0.25) is 4.79 Å². The molecule has 0 bridgehead atoms. The highest BCUT2D eigenvalue weighted by Crippen LogP contribution is 2.37. The van der Waals surface area contributed by atoms with Crippen LogP contribution in [0.2, 0.25) is 0 Å². The predicted octanol–water partition coefficient (Wildman–Crippen LogP) is 3.36. The van der Waals surface area contributed by atoms with Crippen molar-refractivity contribution in [3.05, 3.63) is 67.3 Å². The Balaban J connectivity index is 2.05. The summed E-state index contributed by atoms with van der Waals surface area (Å²) in [6.07, 6.45) is 1.37. The van der Waals surface area contributed by atoms with Gasteiger partial charge < -0.3 is 9.80 Å². The van der Waals surface area contributed by atoms with Gasteiger partial charge in [0.1, 0.15) is 0 Å². The molecule has 0 radical (unpaired) electrons. The summed E-state index contributed by atoms with van der Waals surface area (Å²) in [4.78, 5) is 16.0. The van der Waals surface area contributed by atoms with Crippen molar-refractivity contribution in [2.24, 2.45) is 0 Å². The fraction of sp³-hybridized carbons (Fsp3) is 0.118. The molecular weight excluding hydrogens is 248 g/mol. The first-order valence-electron chi connectivity index (χ1n) is 6.67. The number of carbonyl (C=O) groups excluding carboxylic acids is 1. The summed E-state index contributed by atoms with van der Waals surface area (Å²) in [5.74, 6) is -0.0508. The Hall–Kier alpha value is -2.55. The fourth-order valence-electron chi connectivity index (χ4n) is 2.58. The van der Waals surface area contributed by atoms with Gasteiger partial charge in [0.05, 0.1) is 11.4 Å². The smallest absolute Gasteiger partial charge is 0.250 e. The number of fused-ring (bicyclic) bond motifs is 1. The minimum Gasteiger partial charge on any atom is -0.338 e. The zero-order chi connectivity index (χ0) is 13.9. The van der Waals surface area contributed by atoms with Crippen LogP contribution in [0.5, 0.6) is 0 Å². The summed E-state index contributed by atoms with van der Waals surface area (Å²) >= 11 is 0. The molecule has 0 N–H and O–H groups in total. The third-order valence-electron chi connectivity index (χ3n) is 3.52. The van der Waals surface area contributed by atoms with Crippen LogP contribution in [-0.2, 0) is 4.79 Å². The van der Waals surface area contributed by atoms with Crippen LogP contribution in [0, 0.1) is 0 Å². The van der Waals surface area contributed by atoms with Crippen LogP contribution in [0.3, 0.4) is 0 Å². The molecule has 2 aromatic carbocycles. The van der Waals surface area contributed by atoms with E-state index in [9.17, 15) is 4.79 Å². The zero-order valence-electron chi connectivity index (χ0n) is 11.2. The van der Waals surface area contributed by atoms with Crippen molar-refractivity contribution < 1.29 is 4.79 Å². The van der Waals surface area contributed by atoms with Gasteiger partial charge in [0.25, 0.3) is 5.91 Å². The summed E-state index contributed by atoms with van der Waals surface area (Å²) in [7, 11) is 0. The van der Waals surface area contributed by atoms with Crippen molar-refractivity contribution in [3.8, 4) is 0 Å². The predicted molar refractivity (Wildman–Crippen MR) is 82.4 cm³/mol. The number of para-hydroxylation sites is 3. The van der Waals surface area contributed by atoms with E-state index in [0.29, 0.717) is 6.54 Å². The molecule has 1 aliphatic heterocycles. The van der Waals surface area contributed by atoms with Crippen LogP contribution in [-0.4, -0.2) is 19.0 Å². The molecule has 20 heavy (non-hydrogen) atoms. The van der Waals surface area contributed by atoms with Gasteiger partial charge in [0, 0.05) is 18.8 Å². The van der Waals surface area contributed by atoms with Crippen molar-refractivity contribution in [1.29, 1.82) is 0 Å². The maximum absolute atomic E-state index is 12.0. The first-order chi connectivity index (χ1) is 9.81. The Labute approximate surface area is 118 Å². The van der Waals surface area contributed by atoms with E-state index >= 15 is 0 Å². The standard InChI is InChI=1S/C17H16N2O/c1-2-17(20)19-13-12-18(14-8-4-3-5-9-14)15-10-6-7-11-16(15)19/h2-11H,1,12-13H2. The summed E-state index contributed by atoms with van der Waals surface area (Å²) in [6, 6.07) is 18.2. The highest BCUT2D eigenvalue weighted by atomic mass is 16.2. The largest absolute Gasteiger partial charge is 0.338 e. The normalized spacial score (nSPS) is 13.8. The van der Waals surface area contributed by atoms with Gasteiger partial charge in [0.15, 0.2) is 0 Å². The van der Waals surface area contributed by atoms with Crippen molar-refractivity contribution in [2.75, 3.05) is 22.9 Å². The van der Waals surface area contributed by atoms with Crippen molar-refractivity contribution in [1.82, 2.24) is 0 Å². The molecule has 0 saturated carbocycles. The molecular formula is C17H16N2O. The Morgan fingerprint density at radius 2 is 1.60 bits per heavy atom. The summed E-state index contributed by atoms with van der Waals surface area (Å²) < 4.78 is 0. The van der Waals surface area contributed by atoms with E-state index in [4.69, 9.17) is 0 Å². The lowest BCUT2D eigenvalue weighted by Gasteiger charge is -2.37. The minimum atomic E-state index is -0.0508. The minimum absolute atomic E-state index is 0.0508. The van der Waals surface area contributed by atoms with E-state index in [1.54, 1.807) is 4.90 Å². The van der Waals surface area contributed by atoms with Gasteiger partial charge in [-0.05, 0) is 30.3 Å². The van der Waals surface area contributed by atoms with E-state index in [-0.39, 0.29) is 5.91 Å². The molecule has 1 aliphatic rings. The maximum atomic E-state index is 12.0. The molecule has 3 rings (SSSR count). The van der Waals surface area contributed by atoms with E-state index in [2.05, 4.69) is 23.6 Å². The fourth-order valence-corrected chi connectivity index (χ4v) is 2.58. The molecule has 3 heteroatoms. The molecule has 0 atom stereocenters. The molecule has 0 aromatic heterocycles. The van der Waals surface area contributed by atoms with Crippen LogP contribution < -0.4 is 9.80 Å². The van der Waals surface area contributed by atoms with Crippen LogP contribution in [0.15, 0.2) is 67.3 Å². The number of hydrogen-bond donors (Lipinski definition) is 0. The first-order valence-corrected chi connectivity index (χ1v) is 6.67. The number of rotatable bonds is 2. The number of benzene rings is 2. The van der Waals surface area contributed by atoms with Crippen LogP contribution in [0.25, 0.3) is 0 Å². The van der Waals surface area contributed by atoms with Crippen molar-refractivity contribution >= 4 is 23.0 Å². The second-order valence-electron chi connectivity index (χ2n) is 4.67. The van der Waals surface area contributed by atoms with Gasteiger partial charge in [0.2, 0.25) is 0 Å². The van der Waals surface area contributed by atoms with Gasteiger partial charge in [-0.1, -0.05) is 36.9 Å². The molecule has 3 nitrogen and oxygen atoms in total. The quantitative estimate of drug-likeness (QED) is 0.776. The highest BCUT2D eigenvalue weighted by Gasteiger charge is 2.25. The van der Waals surface area contributed by atoms with Crippen LogP contribution >= 0.6 is 0 Å². The molecule has 2 aromatic rings. The van der Waals surface area contributed by atoms with E-state index in [1.807, 2.05) is 42.5 Å². The lowest BCUT2D eigenvalue weighted by atomic mass is 10.1. The van der Waals surface area contributed by atoms with Crippen LogP contribution in [0.4, 0.5) is 17.1 Å². The van der Waals surface area contributed by atoms with Crippen LogP contribution in [0.1, 0.15) is 0 Å². The molecule has 0 unspecified atom stereocenters. The number of amides is 1. The Morgan fingerprint density at radius 3 is 2.30 bits per heavy atom. The van der Waals surface area contributed by atoms with Gasteiger partial charge in [-0.2, -0.15) is 0 Å². The van der Waals surface area contributed by atoms with Gasteiger partial charge in [-0.15, -0.1) is 0 Å². The summed E-state index contributed by atoms with van der Waals surface area (Å²) in [5, 5.41) is 0. The average molecular weight is 264 g/mol. The molecule has 0 fully saturated rings. The molecule has 1 heterocycles. The molecule has 1 amide bonds. The lowest BCUT2D eigenvalue weighted by molar-refractivity contribution is -0.114. The Bertz CT molecular complexity index is 636. The van der Waals surface area contributed by atoms with E-state index < -0.39 is 0 Å². The van der Waals surface area contributed by atoms with Gasteiger partial charge in [-0.25, -0.2) is 0 Å². The SMILES string of the molecule is C=CC(=O)N1CCN(c2ccccc2)c2ccccc21. The third kappa shape index (κ3) is 2.07. The monoisotopic (exact) mass is 264 g/mol. The summed E-state index contributed by atoms with van der Waals surface area (Å²) in [6.45, 7) is 5.02.